The normalized spacial score (nSPS) is 14.5. The molecule has 1 aliphatic heterocycles. The molecule has 0 spiro atoms. The van der Waals surface area contributed by atoms with E-state index in [1.165, 1.54) is 12.4 Å². The highest BCUT2D eigenvalue weighted by Crippen LogP contribution is 2.28. The van der Waals surface area contributed by atoms with Gasteiger partial charge in [0.1, 0.15) is 29.0 Å². The zero-order valence-corrected chi connectivity index (χ0v) is 17.3. The number of imidazole rings is 1. The summed E-state index contributed by atoms with van der Waals surface area (Å²) in [6.07, 6.45) is -2.00. The smallest absolute Gasteiger partial charge is 0.358 e. The standard InChI is InChI=1S/C19H14F3N9O3/c1-7(26-17(33)13-8-2-3-12(32)28-14(8)25-6-24-13)11-4-9(31-34-11)15-27-10-5-23-18(19(20,21)22)30-16(10)29-15/h4-7H,2-3H2,1H3,(H,26,33)(H,23,27,29,30)(H,24,25,28,32)/t7-/m1/s1. The number of carbonyl (C=O) groups excluding carboxylic acids is 2. The zero-order valence-electron chi connectivity index (χ0n) is 17.3. The summed E-state index contributed by atoms with van der Waals surface area (Å²) in [7, 11) is 0. The molecule has 12 nitrogen and oxygen atoms in total. The van der Waals surface area contributed by atoms with Crippen molar-refractivity contribution < 1.29 is 27.3 Å². The van der Waals surface area contributed by atoms with Crippen molar-refractivity contribution in [2.45, 2.75) is 32.0 Å². The largest absolute Gasteiger partial charge is 0.451 e. The quantitative estimate of drug-likeness (QED) is 0.403. The molecule has 4 aromatic rings. The van der Waals surface area contributed by atoms with Crippen molar-refractivity contribution in [1.29, 1.82) is 0 Å². The molecule has 0 fully saturated rings. The fourth-order valence-corrected chi connectivity index (χ4v) is 3.39. The van der Waals surface area contributed by atoms with E-state index < -0.39 is 23.9 Å². The maximum absolute atomic E-state index is 12.8. The van der Waals surface area contributed by atoms with Crippen LogP contribution in [0.5, 0.6) is 0 Å². The monoisotopic (exact) mass is 473 g/mol. The van der Waals surface area contributed by atoms with Gasteiger partial charge >= 0.3 is 6.18 Å². The Balaban J connectivity index is 1.35. The summed E-state index contributed by atoms with van der Waals surface area (Å²) in [5.74, 6) is -1.29. The maximum atomic E-state index is 12.8. The number of anilines is 1. The first-order chi connectivity index (χ1) is 16.2. The third-order valence-electron chi connectivity index (χ3n) is 5.06. The molecule has 0 saturated carbocycles. The number of rotatable bonds is 4. The molecule has 0 saturated heterocycles. The number of carbonyl (C=O) groups is 2. The minimum Gasteiger partial charge on any atom is -0.358 e. The van der Waals surface area contributed by atoms with Gasteiger partial charge in [-0.1, -0.05) is 5.16 Å². The van der Waals surface area contributed by atoms with Gasteiger partial charge in [0.05, 0.1) is 12.2 Å². The number of H-pyrrole nitrogens is 1. The molecule has 0 unspecified atom stereocenters. The molecule has 1 aliphatic rings. The fourth-order valence-electron chi connectivity index (χ4n) is 3.39. The number of nitrogens with one attached hydrogen (secondary N) is 3. The zero-order chi connectivity index (χ0) is 24.0. The maximum Gasteiger partial charge on any atom is 0.451 e. The Labute approximate surface area is 187 Å². The number of aromatic nitrogens is 7. The predicted octanol–water partition coefficient (Wildman–Crippen LogP) is 2.19. The van der Waals surface area contributed by atoms with E-state index in [-0.39, 0.29) is 46.5 Å². The van der Waals surface area contributed by atoms with Gasteiger partial charge in [-0.3, -0.25) is 9.59 Å². The third-order valence-corrected chi connectivity index (χ3v) is 5.06. The minimum absolute atomic E-state index is 0.108. The molecule has 5 heterocycles. The SMILES string of the molecule is C[C@@H](NC(=O)c1ncnc2c1CCC(=O)N2)c1cc(-c2nc3cnc(C(F)(F)F)nc3[nH]2)no1. The second-order valence-corrected chi connectivity index (χ2v) is 7.42. The Morgan fingerprint density at radius 3 is 2.82 bits per heavy atom. The Morgan fingerprint density at radius 1 is 1.21 bits per heavy atom. The Kier molecular flexibility index (Phi) is 4.95. The van der Waals surface area contributed by atoms with Crippen LogP contribution in [-0.2, 0) is 17.4 Å². The molecular formula is C19H14F3N9O3. The van der Waals surface area contributed by atoms with Crippen LogP contribution in [0.15, 0.2) is 23.1 Å². The van der Waals surface area contributed by atoms with Crippen molar-refractivity contribution >= 4 is 28.8 Å². The first kappa shape index (κ1) is 21.4. The lowest BCUT2D eigenvalue weighted by Gasteiger charge is -2.18. The first-order valence-corrected chi connectivity index (χ1v) is 9.90. The molecule has 0 radical (unpaired) electrons. The highest BCUT2D eigenvalue weighted by Gasteiger charge is 2.35. The van der Waals surface area contributed by atoms with Gasteiger partial charge in [0, 0.05) is 18.1 Å². The van der Waals surface area contributed by atoms with Crippen molar-refractivity contribution in [3.63, 3.8) is 0 Å². The molecule has 15 heteroatoms. The second-order valence-electron chi connectivity index (χ2n) is 7.42. The van der Waals surface area contributed by atoms with E-state index in [2.05, 4.69) is 45.7 Å². The van der Waals surface area contributed by atoms with Crippen molar-refractivity contribution in [2.24, 2.45) is 0 Å². The van der Waals surface area contributed by atoms with Gasteiger partial charge in [-0.05, 0) is 13.3 Å². The van der Waals surface area contributed by atoms with Crippen LogP contribution in [0.4, 0.5) is 19.0 Å². The third kappa shape index (κ3) is 3.91. The lowest BCUT2D eigenvalue weighted by atomic mass is 10.0. The molecule has 1 atom stereocenters. The van der Waals surface area contributed by atoms with Gasteiger partial charge in [0.15, 0.2) is 17.2 Å². The topological polar surface area (TPSA) is 164 Å². The Hall–Kier alpha value is -4.43. The van der Waals surface area contributed by atoms with Crippen LogP contribution < -0.4 is 10.6 Å². The summed E-state index contributed by atoms with van der Waals surface area (Å²) in [6, 6.07) is 0.842. The average molecular weight is 473 g/mol. The summed E-state index contributed by atoms with van der Waals surface area (Å²) < 4.78 is 43.8. The molecule has 0 aromatic carbocycles. The van der Waals surface area contributed by atoms with Gasteiger partial charge in [0.25, 0.3) is 5.91 Å². The number of amides is 2. The highest BCUT2D eigenvalue weighted by molar-refractivity contribution is 5.99. The van der Waals surface area contributed by atoms with Crippen LogP contribution in [0.2, 0.25) is 0 Å². The van der Waals surface area contributed by atoms with Gasteiger partial charge < -0.3 is 20.1 Å². The predicted molar refractivity (Wildman–Crippen MR) is 107 cm³/mol. The van der Waals surface area contributed by atoms with Crippen molar-refractivity contribution in [3.8, 4) is 11.5 Å². The van der Waals surface area contributed by atoms with E-state index in [4.69, 9.17) is 4.52 Å². The van der Waals surface area contributed by atoms with E-state index in [0.717, 1.165) is 6.20 Å². The van der Waals surface area contributed by atoms with Crippen LogP contribution in [-0.4, -0.2) is 46.9 Å². The number of hydrogen-bond acceptors (Lipinski definition) is 9. The summed E-state index contributed by atoms with van der Waals surface area (Å²) >= 11 is 0. The first-order valence-electron chi connectivity index (χ1n) is 9.90. The summed E-state index contributed by atoms with van der Waals surface area (Å²) in [4.78, 5) is 45.9. The number of alkyl halides is 3. The van der Waals surface area contributed by atoms with Crippen molar-refractivity contribution in [2.75, 3.05) is 5.32 Å². The van der Waals surface area contributed by atoms with Crippen molar-refractivity contribution in [1.82, 2.24) is 40.4 Å². The molecular weight excluding hydrogens is 459 g/mol. The van der Waals surface area contributed by atoms with Gasteiger partial charge in [0.2, 0.25) is 11.7 Å². The number of hydrogen-bond donors (Lipinski definition) is 3. The van der Waals surface area contributed by atoms with Crippen LogP contribution in [0.25, 0.3) is 22.7 Å². The van der Waals surface area contributed by atoms with Crippen molar-refractivity contribution in [3.05, 3.63) is 41.4 Å². The van der Waals surface area contributed by atoms with Gasteiger partial charge in [-0.15, -0.1) is 0 Å². The van der Waals surface area contributed by atoms with E-state index >= 15 is 0 Å². The van der Waals surface area contributed by atoms with E-state index in [1.54, 1.807) is 6.92 Å². The molecule has 0 bridgehead atoms. The molecule has 4 aromatic heterocycles. The fraction of sp³-hybridized carbons (Fsp3) is 0.263. The van der Waals surface area contributed by atoms with Crippen LogP contribution >= 0.6 is 0 Å². The summed E-state index contributed by atoms with van der Waals surface area (Å²) in [5.41, 5.74) is 0.878. The lowest BCUT2D eigenvalue weighted by molar-refractivity contribution is -0.144. The number of nitrogens with zero attached hydrogens (tertiary/aromatic N) is 6. The van der Waals surface area contributed by atoms with Crippen LogP contribution in [0.1, 0.15) is 47.0 Å². The summed E-state index contributed by atoms with van der Waals surface area (Å²) in [6.45, 7) is 1.65. The second kappa shape index (κ2) is 7.86. The van der Waals surface area contributed by atoms with Gasteiger partial charge in [-0.25, -0.2) is 24.9 Å². The lowest BCUT2D eigenvalue weighted by Crippen LogP contribution is -2.30. The Bertz CT molecular complexity index is 1430. The van der Waals surface area contributed by atoms with E-state index in [9.17, 15) is 22.8 Å². The Morgan fingerprint density at radius 2 is 2.03 bits per heavy atom. The average Bonchev–Trinajstić information content (AvgIpc) is 3.44. The number of fused-ring (bicyclic) bond motifs is 2. The minimum atomic E-state index is -4.69. The highest BCUT2D eigenvalue weighted by atomic mass is 19.4. The van der Waals surface area contributed by atoms with E-state index in [0.29, 0.717) is 17.8 Å². The van der Waals surface area contributed by atoms with Crippen LogP contribution in [0.3, 0.4) is 0 Å². The molecule has 5 rings (SSSR count). The van der Waals surface area contributed by atoms with Crippen LogP contribution in [0, 0.1) is 0 Å². The molecule has 2 amide bonds. The summed E-state index contributed by atoms with van der Waals surface area (Å²) in [5, 5.41) is 9.21. The molecule has 174 valence electrons. The number of halogens is 3. The molecule has 0 aliphatic carbocycles. The molecule has 3 N–H and O–H groups in total. The molecule has 34 heavy (non-hydrogen) atoms. The van der Waals surface area contributed by atoms with E-state index in [1.807, 2.05) is 0 Å². The number of aromatic amines is 1. The van der Waals surface area contributed by atoms with Gasteiger partial charge in [-0.2, -0.15) is 13.2 Å².